The summed E-state index contributed by atoms with van der Waals surface area (Å²) < 4.78 is 39.6. The lowest BCUT2D eigenvalue weighted by molar-refractivity contribution is -0.143. The first kappa shape index (κ1) is 23.9. The van der Waals surface area contributed by atoms with E-state index in [4.69, 9.17) is 0 Å². The van der Waals surface area contributed by atoms with Crippen molar-refractivity contribution in [1.29, 1.82) is 0 Å². The van der Waals surface area contributed by atoms with Gasteiger partial charge in [-0.2, -0.15) is 13.2 Å². The molecule has 25 heavy (non-hydrogen) atoms. The average molecular weight is 403 g/mol. The van der Waals surface area contributed by atoms with Gasteiger partial charge in [0.1, 0.15) is 5.82 Å². The van der Waals surface area contributed by atoms with Gasteiger partial charge in [-0.15, -0.1) is 24.8 Å². The van der Waals surface area contributed by atoms with Crippen LogP contribution in [0.1, 0.15) is 29.2 Å². The number of amides is 1. The van der Waals surface area contributed by atoms with E-state index in [1.807, 2.05) is 0 Å². The smallest absolute Gasteiger partial charge is 0.344 e. The van der Waals surface area contributed by atoms with Crippen LogP contribution in [0.5, 0.6) is 0 Å². The molecule has 1 aromatic heterocycles. The fourth-order valence-electron chi connectivity index (χ4n) is 2.88. The average Bonchev–Trinajstić information content (AvgIpc) is 2.49. The van der Waals surface area contributed by atoms with Gasteiger partial charge in [0.2, 0.25) is 5.91 Å². The molecule has 1 heterocycles. The van der Waals surface area contributed by atoms with Crippen LogP contribution in [0.4, 0.5) is 13.2 Å². The highest BCUT2D eigenvalue weighted by molar-refractivity contribution is 5.85. The summed E-state index contributed by atoms with van der Waals surface area (Å²) in [6.45, 7) is 2.62. The molecule has 0 aliphatic heterocycles. The molecule has 0 radical (unpaired) electrons. The topological polar surface area (TPSA) is 58.1 Å². The van der Waals surface area contributed by atoms with Crippen molar-refractivity contribution >= 4 is 30.7 Å². The second-order valence-electron chi connectivity index (χ2n) is 5.85. The van der Waals surface area contributed by atoms with Gasteiger partial charge in [0.05, 0.1) is 0 Å². The highest BCUT2D eigenvalue weighted by atomic mass is 35.5. The first-order valence-corrected chi connectivity index (χ1v) is 7.57. The van der Waals surface area contributed by atoms with Gasteiger partial charge >= 0.3 is 6.18 Å². The van der Waals surface area contributed by atoms with Crippen LogP contribution in [0.2, 0.25) is 0 Å². The summed E-state index contributed by atoms with van der Waals surface area (Å²) in [7, 11) is 3.45. The number of aromatic nitrogens is 2. The van der Waals surface area contributed by atoms with E-state index in [-0.39, 0.29) is 48.5 Å². The van der Waals surface area contributed by atoms with E-state index >= 15 is 0 Å². The van der Waals surface area contributed by atoms with Gasteiger partial charge < -0.3 is 10.2 Å². The number of nitrogens with zero attached hydrogens (tertiary/aromatic N) is 3. The van der Waals surface area contributed by atoms with Crippen LogP contribution < -0.4 is 5.32 Å². The number of likely N-dealkylation sites (N-methyl/N-ethyl adjacent to an activating group) is 2. The van der Waals surface area contributed by atoms with Crippen molar-refractivity contribution in [2.45, 2.75) is 32.4 Å². The molecule has 0 spiro atoms. The molecule has 1 unspecified atom stereocenters. The Morgan fingerprint density at radius 2 is 1.96 bits per heavy atom. The third kappa shape index (κ3) is 5.69. The summed E-state index contributed by atoms with van der Waals surface area (Å²) in [5, 5.41) is 2.94. The molecule has 0 aromatic carbocycles. The van der Waals surface area contributed by atoms with Crippen molar-refractivity contribution in [1.82, 2.24) is 20.2 Å². The first-order valence-electron chi connectivity index (χ1n) is 7.57. The molecule has 0 bridgehead atoms. The van der Waals surface area contributed by atoms with E-state index in [2.05, 4.69) is 15.3 Å². The third-order valence-corrected chi connectivity index (χ3v) is 4.08. The maximum Gasteiger partial charge on any atom is 0.433 e. The summed E-state index contributed by atoms with van der Waals surface area (Å²) in [6, 6.07) is 0. The molecule has 1 aromatic rings. The highest BCUT2D eigenvalue weighted by Gasteiger charge is 2.40. The van der Waals surface area contributed by atoms with Crippen LogP contribution in [-0.2, 0) is 23.8 Å². The van der Waals surface area contributed by atoms with Crippen molar-refractivity contribution in [2.24, 2.45) is 5.92 Å². The minimum absolute atomic E-state index is 0. The second-order valence-corrected chi connectivity index (χ2v) is 5.85. The summed E-state index contributed by atoms with van der Waals surface area (Å²) >= 11 is 0. The molecular formula is C15H23Cl2F3N4O. The lowest BCUT2D eigenvalue weighted by Crippen LogP contribution is -2.39. The molecule has 0 saturated carbocycles. The molecule has 5 nitrogen and oxygen atoms in total. The van der Waals surface area contributed by atoms with Crippen molar-refractivity contribution in [3.8, 4) is 0 Å². The lowest BCUT2D eigenvalue weighted by atomic mass is 9.84. The van der Waals surface area contributed by atoms with Crippen LogP contribution in [0.3, 0.4) is 0 Å². The SMILES string of the molecule is CNCCN(C)C(=O)C1CCc2nc(C)nc(C(F)(F)F)c2C1.Cl.Cl. The zero-order valence-electron chi connectivity index (χ0n) is 14.3. The quantitative estimate of drug-likeness (QED) is 0.839. The van der Waals surface area contributed by atoms with E-state index in [0.717, 1.165) is 0 Å². The number of aryl methyl sites for hydroxylation is 2. The monoisotopic (exact) mass is 402 g/mol. The zero-order valence-corrected chi connectivity index (χ0v) is 15.9. The van der Waals surface area contributed by atoms with E-state index in [9.17, 15) is 18.0 Å². The fraction of sp³-hybridized carbons (Fsp3) is 0.667. The van der Waals surface area contributed by atoms with Crippen LogP contribution >= 0.6 is 24.8 Å². The van der Waals surface area contributed by atoms with Crippen LogP contribution in [0, 0.1) is 12.8 Å². The third-order valence-electron chi connectivity index (χ3n) is 4.08. The second kappa shape index (κ2) is 9.54. The number of hydrogen-bond acceptors (Lipinski definition) is 4. The number of hydrogen-bond donors (Lipinski definition) is 1. The molecular weight excluding hydrogens is 380 g/mol. The Labute approximate surface area is 157 Å². The minimum atomic E-state index is -4.53. The van der Waals surface area contributed by atoms with Crippen molar-refractivity contribution < 1.29 is 18.0 Å². The number of carbonyl (C=O) groups is 1. The van der Waals surface area contributed by atoms with Crippen LogP contribution in [0.25, 0.3) is 0 Å². The normalized spacial score (nSPS) is 16.3. The van der Waals surface area contributed by atoms with Gasteiger partial charge in [-0.25, -0.2) is 9.97 Å². The van der Waals surface area contributed by atoms with Gasteiger partial charge in [-0.1, -0.05) is 0 Å². The molecule has 1 aliphatic carbocycles. The maximum absolute atomic E-state index is 13.2. The predicted molar refractivity (Wildman–Crippen MR) is 93.3 cm³/mol. The van der Waals surface area contributed by atoms with Gasteiger partial charge in [0, 0.05) is 37.3 Å². The zero-order chi connectivity index (χ0) is 17.2. The summed E-state index contributed by atoms with van der Waals surface area (Å²) in [6.07, 6.45) is -3.59. The number of carbonyl (C=O) groups excluding carboxylic acids is 1. The highest BCUT2D eigenvalue weighted by Crippen LogP contribution is 2.36. The van der Waals surface area contributed by atoms with Crippen molar-refractivity contribution in [3.05, 3.63) is 22.8 Å². The van der Waals surface area contributed by atoms with E-state index in [1.165, 1.54) is 6.92 Å². The number of halogens is 5. The largest absolute Gasteiger partial charge is 0.433 e. The molecule has 1 N–H and O–H groups in total. The first-order chi connectivity index (χ1) is 10.7. The molecule has 10 heteroatoms. The molecule has 1 aliphatic rings. The van der Waals surface area contributed by atoms with Gasteiger partial charge in [-0.05, 0) is 33.2 Å². The summed E-state index contributed by atoms with van der Waals surface area (Å²) in [5.41, 5.74) is -0.392. The molecule has 0 fully saturated rings. The number of rotatable bonds is 4. The molecule has 1 atom stereocenters. The Bertz CT molecular complexity index is 599. The summed E-state index contributed by atoms with van der Waals surface area (Å²) in [5.74, 6) is -0.455. The van der Waals surface area contributed by atoms with Crippen LogP contribution in [-0.4, -0.2) is 48.0 Å². The Hall–Kier alpha value is -1.12. The van der Waals surface area contributed by atoms with Gasteiger partial charge in [-0.3, -0.25) is 4.79 Å². The Morgan fingerprint density at radius 1 is 1.32 bits per heavy atom. The fourth-order valence-corrected chi connectivity index (χ4v) is 2.88. The molecule has 0 saturated heterocycles. The van der Waals surface area contributed by atoms with Crippen LogP contribution in [0.15, 0.2) is 0 Å². The maximum atomic E-state index is 13.2. The van der Waals surface area contributed by atoms with E-state index < -0.39 is 17.8 Å². The lowest BCUT2D eigenvalue weighted by Gasteiger charge is -2.29. The summed E-state index contributed by atoms with van der Waals surface area (Å²) in [4.78, 5) is 21.7. The predicted octanol–water partition coefficient (Wildman–Crippen LogP) is 2.43. The van der Waals surface area contributed by atoms with Crippen molar-refractivity contribution in [3.63, 3.8) is 0 Å². The molecule has 2 rings (SSSR count). The van der Waals surface area contributed by atoms with Gasteiger partial charge in [0.25, 0.3) is 0 Å². The van der Waals surface area contributed by atoms with Gasteiger partial charge in [0.15, 0.2) is 5.69 Å². The number of fused-ring (bicyclic) bond motifs is 1. The molecule has 144 valence electrons. The van der Waals surface area contributed by atoms with E-state index in [1.54, 1.807) is 19.0 Å². The number of nitrogens with one attached hydrogen (secondary N) is 1. The molecule has 1 amide bonds. The Morgan fingerprint density at radius 3 is 2.52 bits per heavy atom. The Balaban J connectivity index is 0.00000288. The minimum Gasteiger partial charge on any atom is -0.344 e. The van der Waals surface area contributed by atoms with Crippen molar-refractivity contribution in [2.75, 3.05) is 27.2 Å². The number of alkyl halides is 3. The Kier molecular flexibility index (Phi) is 9.12. The van der Waals surface area contributed by atoms with E-state index in [0.29, 0.717) is 31.6 Å². The standard InChI is InChI=1S/C15H21F3N4O.2ClH/c1-9-20-12-5-4-10(14(23)22(3)7-6-19-2)8-11(12)13(21-9)15(16,17)18;;/h10,19H,4-8H2,1-3H3;2*1H.